The van der Waals surface area contributed by atoms with Crippen molar-refractivity contribution in [3.63, 3.8) is 0 Å². The summed E-state index contributed by atoms with van der Waals surface area (Å²) in [7, 11) is 5.70. The smallest absolute Gasteiger partial charge is 0.410 e. The molecule has 3 aromatic heterocycles. The van der Waals surface area contributed by atoms with Gasteiger partial charge in [-0.25, -0.2) is 28.5 Å². The van der Waals surface area contributed by atoms with Crippen molar-refractivity contribution in [2.24, 2.45) is 27.1 Å². The van der Waals surface area contributed by atoms with Crippen LogP contribution in [0, 0.1) is 38.3 Å². The first-order chi connectivity index (χ1) is 49.1. The number of carbonyl (C=O) groups is 2. The van der Waals surface area contributed by atoms with Crippen molar-refractivity contribution in [1.29, 1.82) is 0 Å². The summed E-state index contributed by atoms with van der Waals surface area (Å²) >= 11 is 19.8. The fraction of sp³-hybridized carbons (Fsp3) is 0.595. The molecule has 2 amide bonds. The van der Waals surface area contributed by atoms with Gasteiger partial charge in [-0.15, -0.1) is 12.4 Å². The molecule has 6 fully saturated rings. The first-order valence-corrected chi connectivity index (χ1v) is 38.1. The fourth-order valence-electron chi connectivity index (χ4n) is 18.6. The zero-order valence-corrected chi connectivity index (χ0v) is 66.2. The number of carbonyl (C=O) groups excluding carboxylic acids is 2. The van der Waals surface area contributed by atoms with Crippen molar-refractivity contribution >= 4 is 59.2 Å². The summed E-state index contributed by atoms with van der Waals surface area (Å²) in [5, 5.41) is 18.9. The van der Waals surface area contributed by atoms with Gasteiger partial charge in [0.05, 0.1) is 64.1 Å². The van der Waals surface area contributed by atoms with Gasteiger partial charge in [-0.05, 0) is 240 Å². The molecule has 11 heterocycles. The van der Waals surface area contributed by atoms with Crippen LogP contribution < -0.4 is 5.32 Å². The van der Waals surface area contributed by atoms with Gasteiger partial charge in [0.1, 0.15) is 47.9 Å². The number of piperidine rings is 3. The van der Waals surface area contributed by atoms with Gasteiger partial charge in [0.25, 0.3) is 0 Å². The summed E-state index contributed by atoms with van der Waals surface area (Å²) < 4.78 is 66.8. The van der Waals surface area contributed by atoms with Gasteiger partial charge in [0, 0.05) is 93.0 Å². The van der Waals surface area contributed by atoms with Gasteiger partial charge in [-0.1, -0.05) is 59.1 Å². The number of amides is 2. The first-order valence-electron chi connectivity index (χ1n) is 36.9. The van der Waals surface area contributed by atoms with E-state index in [9.17, 15) is 14.0 Å². The maximum Gasteiger partial charge on any atom is 0.410 e. The molecular formula is C79H101Cl4F2N13O7. The molecule has 8 aliphatic heterocycles. The van der Waals surface area contributed by atoms with Crippen molar-refractivity contribution in [2.75, 3.05) is 52.4 Å². The summed E-state index contributed by atoms with van der Waals surface area (Å²) in [6.07, 6.45) is 11.2. The fourth-order valence-corrected chi connectivity index (χ4v) is 19.1. The van der Waals surface area contributed by atoms with Crippen LogP contribution in [0.4, 0.5) is 13.6 Å². The van der Waals surface area contributed by atoms with Crippen LogP contribution >= 0.6 is 47.2 Å². The monoisotopic (exact) mass is 1520 g/mol. The Bertz CT molecular complexity index is 4420. The van der Waals surface area contributed by atoms with Crippen LogP contribution in [0.2, 0.25) is 15.1 Å². The number of morpholine rings is 1. The highest BCUT2D eigenvalue weighted by Crippen LogP contribution is 2.60. The zero-order valence-electron chi connectivity index (χ0n) is 63.1. The Morgan fingerprint density at radius 3 is 1.49 bits per heavy atom. The number of fused-ring (bicyclic) bond motifs is 8. The molecule has 0 unspecified atom stereocenters. The van der Waals surface area contributed by atoms with Crippen molar-refractivity contribution in [3.05, 3.63) is 173 Å². The zero-order chi connectivity index (χ0) is 74.1. The summed E-state index contributed by atoms with van der Waals surface area (Å²) in [6, 6.07) is 17.0. The summed E-state index contributed by atoms with van der Waals surface area (Å²) in [6.45, 7) is 30.3. The summed E-state index contributed by atoms with van der Waals surface area (Å²) in [4.78, 5) is 46.9. The number of rotatable bonds is 9. The topological polar surface area (TPSA) is 194 Å². The predicted octanol–water partition coefficient (Wildman–Crippen LogP) is 14.8. The van der Waals surface area contributed by atoms with E-state index in [1.165, 1.54) is 23.3 Å². The Balaban J connectivity index is 0.000000147. The molecule has 26 heteroatoms. The number of ether oxygens (including phenoxy) is 5. The summed E-state index contributed by atoms with van der Waals surface area (Å²) in [5.41, 5.74) is 7.40. The highest BCUT2D eigenvalue weighted by Gasteiger charge is 2.58. The Kier molecular flexibility index (Phi) is 21.0. The molecule has 8 atom stereocenters. The van der Waals surface area contributed by atoms with Crippen LogP contribution in [0.25, 0.3) is 0 Å². The average Bonchev–Trinajstić information content (AvgIpc) is 1.58. The normalized spacial score (nSPS) is 25.0. The number of hydrogen-bond donors (Lipinski definition) is 1. The lowest BCUT2D eigenvalue weighted by Crippen LogP contribution is -2.48. The van der Waals surface area contributed by atoms with Crippen LogP contribution in [0.3, 0.4) is 0 Å². The largest absolute Gasteiger partial charge is 0.444 e. The van der Waals surface area contributed by atoms with Crippen molar-refractivity contribution in [1.82, 2.24) is 64.3 Å². The van der Waals surface area contributed by atoms with E-state index in [-0.39, 0.29) is 77.7 Å². The minimum absolute atomic E-state index is 0. The van der Waals surface area contributed by atoms with Crippen LogP contribution in [-0.2, 0) is 82.7 Å². The first kappa shape index (κ1) is 77.0. The molecule has 7 aromatic rings. The second-order valence-corrected chi connectivity index (χ2v) is 34.7. The lowest BCUT2D eigenvalue weighted by Gasteiger charge is -2.42. The standard InChI is InChI=1S/C36H42ClF2N5O3.C24H33ClN4O3.C19H25ClN4O.ClH/c1-20-11-28-29(16-30(20)37)36(47-32(28)35(2,3)34-40-19-41-42(34)4)7-9-43(10-8-36)33(45)27-15-22(44-17-24-13-23(44)18-46-24)14-26(27)25-6-5-21(38)12-31(25)39;1-15-12-16-17(13-18(15)25)24(8-10-29(11-9-24)21(30)32-22(2,3)4)31-19(16)23(5,6)20-26-14-28(7)27-20;1-12-9-13-14(10-15(12)20)19(5-7-21-8-6-19)25-16(13)18(2,3)17-22-11-23-24(17)4;/h5-6,11-12,16,19,22-24,26-27,32H,7-10,13-15,17-18H2,1-4H3;12-14,19H,8-11H2,1-7H3;9-11,16,21H,5-8H2,1-4H3;1H/t22-,23+,24+,26+,27-,32+;19-;16-;/m100./s1. The van der Waals surface area contributed by atoms with Gasteiger partial charge < -0.3 is 38.8 Å². The van der Waals surface area contributed by atoms with E-state index in [1.54, 1.807) is 33.2 Å². The van der Waals surface area contributed by atoms with E-state index in [2.05, 4.69) is 125 Å². The highest BCUT2D eigenvalue weighted by molar-refractivity contribution is 6.32. The van der Waals surface area contributed by atoms with E-state index < -0.39 is 39.3 Å². The Labute approximate surface area is 636 Å². The van der Waals surface area contributed by atoms with Gasteiger partial charge in [-0.2, -0.15) is 15.3 Å². The molecule has 0 radical (unpaired) electrons. The molecule has 9 aliphatic rings. The van der Waals surface area contributed by atoms with Crippen molar-refractivity contribution < 1.29 is 42.1 Å². The number of aromatic nitrogens is 9. The Morgan fingerprint density at radius 1 is 0.590 bits per heavy atom. The highest BCUT2D eigenvalue weighted by atomic mass is 35.5. The lowest BCUT2D eigenvalue weighted by atomic mass is 9.78. The van der Waals surface area contributed by atoms with Crippen LogP contribution in [0.5, 0.6) is 0 Å². The van der Waals surface area contributed by atoms with E-state index in [0.717, 1.165) is 111 Å². The van der Waals surface area contributed by atoms with E-state index in [1.807, 2.05) is 65.3 Å². The van der Waals surface area contributed by atoms with Gasteiger partial charge in [0.2, 0.25) is 5.91 Å². The molecule has 1 N–H and O–H groups in total. The minimum atomic E-state index is -0.605. The predicted molar refractivity (Wildman–Crippen MR) is 400 cm³/mol. The van der Waals surface area contributed by atoms with E-state index in [0.29, 0.717) is 87.9 Å². The third-order valence-electron chi connectivity index (χ3n) is 24.2. The molecule has 3 spiro atoms. The van der Waals surface area contributed by atoms with Crippen LogP contribution in [-0.4, -0.2) is 147 Å². The molecule has 105 heavy (non-hydrogen) atoms. The molecule has 1 aliphatic carbocycles. The Morgan fingerprint density at radius 2 is 1.07 bits per heavy atom. The van der Waals surface area contributed by atoms with Crippen LogP contribution in [0.1, 0.15) is 217 Å². The quantitative estimate of drug-likeness (QED) is 0.143. The molecular weight excluding hydrogens is 1420 g/mol. The second-order valence-electron chi connectivity index (χ2n) is 33.5. The molecule has 566 valence electrons. The number of benzene rings is 4. The molecule has 2 bridgehead atoms. The maximum atomic E-state index is 15.3. The van der Waals surface area contributed by atoms with Gasteiger partial charge >= 0.3 is 6.09 Å². The van der Waals surface area contributed by atoms with Crippen LogP contribution in [0.15, 0.2) is 73.6 Å². The number of aryl methyl sites for hydroxylation is 6. The second kappa shape index (κ2) is 28.7. The van der Waals surface area contributed by atoms with Gasteiger partial charge in [0.15, 0.2) is 5.82 Å². The number of hydrogen-bond acceptors (Lipinski definition) is 15. The third kappa shape index (κ3) is 14.1. The molecule has 1 saturated carbocycles. The summed E-state index contributed by atoms with van der Waals surface area (Å²) in [5.74, 6) is 0.681. The average molecular weight is 1520 g/mol. The Hall–Kier alpha value is -6.18. The molecule has 5 saturated heterocycles. The number of halogens is 6. The molecule has 16 rings (SSSR count). The maximum absolute atomic E-state index is 15.3. The number of nitrogens with one attached hydrogen (secondary N) is 1. The SMILES string of the molecule is Cc1cc2c(cc1Cl)C1(CCN(C(=O)OC(C)(C)C)CC1)O[C@@H]2C(C)(C)c1ncn(C)n1.Cc1cc2c(cc1Cl)C1(CCN(C(=O)[C@@H]3C[C@H](N4C[C@@H]5C[C@H]4CO5)C[C@H]3c3ccc(F)cc3F)CC1)O[C@@H]2C(C)(C)c1ncnn1C.Cc1cc2c(cc1Cl)C1(CCNCC1)O[C@@H]2C(C)(C)c1ncnn1C.Cl. The molecule has 4 aromatic carbocycles. The lowest BCUT2D eigenvalue weighted by molar-refractivity contribution is -0.151. The van der Waals surface area contributed by atoms with Crippen molar-refractivity contribution in [2.45, 2.75) is 222 Å². The van der Waals surface area contributed by atoms with E-state index >= 15 is 4.39 Å². The third-order valence-corrected chi connectivity index (χ3v) is 25.4. The minimum Gasteiger partial charge on any atom is -0.444 e. The van der Waals surface area contributed by atoms with Gasteiger partial charge in [-0.3, -0.25) is 23.7 Å². The number of nitrogens with zero attached hydrogens (tertiary/aromatic N) is 12. The van der Waals surface area contributed by atoms with Crippen molar-refractivity contribution in [3.8, 4) is 0 Å². The van der Waals surface area contributed by atoms with E-state index in [4.69, 9.17) is 58.5 Å². The molecule has 20 nitrogen and oxygen atoms in total. The number of likely N-dealkylation sites (tertiary alicyclic amines) is 3.